The molecule has 2 aromatic rings. The molecule has 0 saturated carbocycles. The monoisotopic (exact) mass is 866 g/mol. The van der Waals surface area contributed by atoms with Crippen LogP contribution in [0.15, 0.2) is 9.65 Å². The van der Waals surface area contributed by atoms with Gasteiger partial charge in [0.25, 0.3) is 0 Å². The van der Waals surface area contributed by atoms with E-state index >= 15 is 0 Å². The first-order chi connectivity index (χ1) is 20.6. The molecule has 3 rings (SSSR count). The molecular weight excluding hydrogens is 802 g/mol. The Morgan fingerprint density at radius 1 is 0.628 bits per heavy atom. The number of hydrogen-bond donors (Lipinski definition) is 0. The van der Waals surface area contributed by atoms with Crippen LogP contribution in [-0.2, 0) is 5.41 Å². The first kappa shape index (κ1) is 38.5. The minimum absolute atomic E-state index is 0.259. The van der Waals surface area contributed by atoms with Crippen LogP contribution in [0.25, 0.3) is 13.0 Å². The van der Waals surface area contributed by atoms with Crippen LogP contribution >= 0.6 is 67.9 Å². The van der Waals surface area contributed by atoms with Gasteiger partial charge >= 0.3 is 0 Å². The molecule has 246 valence electrons. The van der Waals surface area contributed by atoms with Crippen molar-refractivity contribution in [2.24, 2.45) is 0 Å². The van der Waals surface area contributed by atoms with Crippen molar-refractivity contribution in [3.63, 3.8) is 0 Å². The normalized spacial score (nSPS) is 15.3. The Bertz CT molecular complexity index is 1100. The van der Waals surface area contributed by atoms with E-state index in [2.05, 4.69) is 129 Å². The molecule has 0 nitrogen and oxygen atoms in total. The first-order valence-electron chi connectivity index (χ1n) is 18.2. The first-order valence-corrected chi connectivity index (χ1v) is 24.2. The van der Waals surface area contributed by atoms with Crippen LogP contribution in [0.2, 0.25) is 16.6 Å². The van der Waals surface area contributed by atoms with Crippen LogP contribution < -0.4 is 4.50 Å². The second-order valence-corrected chi connectivity index (χ2v) is 25.2. The lowest BCUT2D eigenvalue weighted by molar-refractivity contribution is 0.407. The Balaban J connectivity index is 1.91. The molecule has 0 atom stereocenters. The maximum atomic E-state index is 2.81. The van der Waals surface area contributed by atoms with Crippen molar-refractivity contribution in [2.75, 3.05) is 0 Å². The van der Waals surface area contributed by atoms with Crippen molar-refractivity contribution in [3.05, 3.63) is 20.1 Å². The van der Waals surface area contributed by atoms with E-state index in [0.29, 0.717) is 0 Å². The minimum atomic E-state index is -1.66. The molecule has 0 N–H and O–H groups in total. The van der Waals surface area contributed by atoms with E-state index in [4.69, 9.17) is 0 Å². The Labute approximate surface area is 303 Å². The van der Waals surface area contributed by atoms with Crippen molar-refractivity contribution in [2.45, 2.75) is 193 Å². The lowest BCUT2D eigenvalue weighted by atomic mass is 9.75. The molecule has 0 fully saturated rings. The summed E-state index contributed by atoms with van der Waals surface area (Å²) in [5.41, 5.74) is 4.35. The lowest BCUT2D eigenvalue weighted by Gasteiger charge is -2.42. The summed E-state index contributed by atoms with van der Waals surface area (Å²) in [4.78, 5) is 1.64. The zero-order chi connectivity index (χ0) is 31.6. The van der Waals surface area contributed by atoms with Gasteiger partial charge in [-0.3, -0.25) is 0 Å². The van der Waals surface area contributed by atoms with Crippen molar-refractivity contribution in [1.29, 1.82) is 0 Å². The summed E-state index contributed by atoms with van der Waals surface area (Å²) in [5, 5.41) is 0. The highest BCUT2D eigenvalue weighted by molar-refractivity contribution is 14.1. The molecule has 2 aromatic heterocycles. The van der Waals surface area contributed by atoms with E-state index in [1.54, 1.807) is 31.5 Å². The highest BCUT2D eigenvalue weighted by Crippen LogP contribution is 2.62. The Morgan fingerprint density at radius 3 is 1.47 bits per heavy atom. The van der Waals surface area contributed by atoms with Gasteiger partial charge in [0.15, 0.2) is 0 Å². The highest BCUT2D eigenvalue weighted by atomic mass is 127. The Kier molecular flexibility index (Phi) is 16.6. The van der Waals surface area contributed by atoms with Crippen LogP contribution in [0.1, 0.15) is 181 Å². The van der Waals surface area contributed by atoms with E-state index in [9.17, 15) is 0 Å². The largest absolute Gasteiger partial charge is 0.144 e. The predicted molar refractivity (Wildman–Crippen MR) is 221 cm³/mol. The molecule has 5 heteroatoms. The lowest BCUT2D eigenvalue weighted by Crippen LogP contribution is -2.54. The molecule has 0 radical (unpaired) electrons. The average Bonchev–Trinajstić information content (AvgIpc) is 3.57. The van der Waals surface area contributed by atoms with Gasteiger partial charge in [0.2, 0.25) is 0 Å². The molecule has 0 bridgehead atoms. The summed E-state index contributed by atoms with van der Waals surface area (Å²) >= 11 is 9.95. The quantitative estimate of drug-likeness (QED) is 0.0628. The number of unbranched alkanes of at least 4 members (excludes halogenated alkanes) is 14. The van der Waals surface area contributed by atoms with Gasteiger partial charge in [-0.1, -0.05) is 158 Å². The second-order valence-electron chi connectivity index (χ2n) is 14.7. The van der Waals surface area contributed by atoms with Crippen molar-refractivity contribution < 1.29 is 0 Å². The topological polar surface area (TPSA) is 0 Å². The zero-order valence-corrected chi connectivity index (χ0v) is 36.1. The van der Waals surface area contributed by atoms with Crippen LogP contribution in [0.4, 0.5) is 0 Å². The molecule has 0 amide bonds. The van der Waals surface area contributed by atoms with Crippen LogP contribution in [0.5, 0.6) is 0 Å². The molecule has 0 aliphatic heterocycles. The van der Waals surface area contributed by atoms with Crippen molar-refractivity contribution in [3.8, 4) is 0 Å². The van der Waals surface area contributed by atoms with Gasteiger partial charge in [-0.25, -0.2) is 0 Å². The fraction of sp³-hybridized carbons (Fsp3) is 0.789. The molecule has 43 heavy (non-hydrogen) atoms. The summed E-state index contributed by atoms with van der Waals surface area (Å²) in [6.45, 7) is 19.9. The third kappa shape index (κ3) is 8.76. The van der Waals surface area contributed by atoms with E-state index < -0.39 is 8.07 Å². The SMILES string of the molecule is CCCCCCCCCCC1(CCCCCCCCCC)C(I)=C(I)c2sc3cc([Si](C(C)C)(C(C)C)C(C)C)sc3c21. The number of allylic oxidation sites excluding steroid dienone is 1. The third-order valence-corrected chi connectivity index (χ3v) is 25.3. The average molecular weight is 867 g/mol. The number of thiophene rings is 2. The molecule has 1 aliphatic carbocycles. The maximum Gasteiger partial charge on any atom is 0.107 e. The van der Waals surface area contributed by atoms with Crippen LogP contribution in [0.3, 0.4) is 0 Å². The number of fused-ring (bicyclic) bond motifs is 3. The van der Waals surface area contributed by atoms with Crippen molar-refractivity contribution >= 4 is 93.4 Å². The standard InChI is InChI=1S/C38H64I2S2Si/c1-9-11-13-15-17-19-21-23-25-38(26-24-22-20-18-16-14-12-10-2)33-35-31(41-36(33)34(39)37(38)40)27-32(42-35)43(28(3)4,29(5)6)30(7)8/h27-30H,9-26H2,1-8H3. The highest BCUT2D eigenvalue weighted by Gasteiger charge is 2.49. The fourth-order valence-corrected chi connectivity index (χ4v) is 22.9. The van der Waals surface area contributed by atoms with Gasteiger partial charge in [0.05, 0.1) is 0 Å². The van der Waals surface area contributed by atoms with Crippen LogP contribution in [-0.4, -0.2) is 8.07 Å². The fourth-order valence-electron chi connectivity index (χ4n) is 8.68. The molecule has 0 aromatic carbocycles. The van der Waals surface area contributed by atoms with E-state index in [1.165, 1.54) is 116 Å². The summed E-state index contributed by atoms with van der Waals surface area (Å²) in [5.74, 6) is 0. The van der Waals surface area contributed by atoms with Gasteiger partial charge in [-0.2, -0.15) is 0 Å². The molecule has 1 aliphatic rings. The summed E-state index contributed by atoms with van der Waals surface area (Å²) in [6, 6.07) is 2.71. The maximum absolute atomic E-state index is 2.81. The predicted octanol–water partition coefficient (Wildman–Crippen LogP) is 15.7. The van der Waals surface area contributed by atoms with Gasteiger partial charge in [0, 0.05) is 32.4 Å². The summed E-state index contributed by atoms with van der Waals surface area (Å²) in [6.07, 6.45) is 25.3. The molecule has 0 saturated heterocycles. The smallest absolute Gasteiger partial charge is 0.107 e. The van der Waals surface area contributed by atoms with Gasteiger partial charge in [-0.05, 0) is 85.2 Å². The molecular formula is C38H64I2S2Si. The third-order valence-electron chi connectivity index (χ3n) is 10.9. The summed E-state index contributed by atoms with van der Waals surface area (Å²) in [7, 11) is -1.66. The molecule has 2 heterocycles. The van der Waals surface area contributed by atoms with Crippen molar-refractivity contribution in [1.82, 2.24) is 0 Å². The summed E-state index contributed by atoms with van der Waals surface area (Å²) < 4.78 is 8.37. The van der Waals surface area contributed by atoms with Gasteiger partial charge < -0.3 is 0 Å². The minimum Gasteiger partial charge on any atom is -0.144 e. The second kappa shape index (κ2) is 18.6. The molecule has 0 unspecified atom stereocenters. The Morgan fingerprint density at radius 2 is 1.05 bits per heavy atom. The van der Waals surface area contributed by atoms with Crippen LogP contribution in [0, 0.1) is 0 Å². The number of hydrogen-bond acceptors (Lipinski definition) is 2. The van der Waals surface area contributed by atoms with Gasteiger partial charge in [0.1, 0.15) is 8.07 Å². The molecule has 0 spiro atoms. The van der Waals surface area contributed by atoms with E-state index in [1.807, 2.05) is 0 Å². The van der Waals surface area contributed by atoms with E-state index in [0.717, 1.165) is 16.6 Å². The van der Waals surface area contributed by atoms with Gasteiger partial charge in [-0.15, -0.1) is 22.7 Å². The number of rotatable bonds is 22. The van der Waals surface area contributed by atoms with E-state index in [-0.39, 0.29) is 5.41 Å². The zero-order valence-electron chi connectivity index (χ0n) is 29.1. The Hall–Kier alpha value is 1.08. The number of halogens is 2.